The third-order valence-corrected chi connectivity index (χ3v) is 3.74. The molecule has 3 rings (SSSR count). The number of carbonyl (C=O) groups excluding carboxylic acids is 4. The second kappa shape index (κ2) is 6.98. The number of nitrogens with one attached hydrogen (secondary N) is 1. The molecule has 26 heavy (non-hydrogen) atoms. The molecule has 0 bridgehead atoms. The predicted octanol–water partition coefficient (Wildman–Crippen LogP) is -1.18. The van der Waals surface area contributed by atoms with Gasteiger partial charge in [-0.1, -0.05) is 5.22 Å². The Balaban J connectivity index is 1.66. The van der Waals surface area contributed by atoms with Gasteiger partial charge >= 0.3 is 5.91 Å². The first-order valence-electron chi connectivity index (χ1n) is 7.50. The summed E-state index contributed by atoms with van der Waals surface area (Å²) in [6, 6.07) is 4.15. The molecule has 2 N–H and O–H groups in total. The van der Waals surface area contributed by atoms with Gasteiger partial charge in [-0.3, -0.25) is 24.5 Å². The zero-order chi connectivity index (χ0) is 18.8. The summed E-state index contributed by atoms with van der Waals surface area (Å²) in [4.78, 5) is 48.2. The molecule has 11 heteroatoms. The van der Waals surface area contributed by atoms with Crippen LogP contribution in [0.25, 0.3) is 0 Å². The molecule has 0 spiro atoms. The average molecular weight is 362 g/mol. The lowest BCUT2D eigenvalue weighted by molar-refractivity contribution is -0.151. The third kappa shape index (κ3) is 3.30. The minimum atomic E-state index is -1.76. The molecule has 2 aliphatic rings. The van der Waals surface area contributed by atoms with Crippen molar-refractivity contribution in [1.82, 2.24) is 10.3 Å². The molecule has 2 heterocycles. The lowest BCUT2D eigenvalue weighted by Gasteiger charge is -2.19. The summed E-state index contributed by atoms with van der Waals surface area (Å²) < 4.78 is 9.91. The number of ketones is 1. The fraction of sp³-hybridized carbons (Fsp3) is 0.333. The van der Waals surface area contributed by atoms with Gasteiger partial charge in [-0.25, -0.2) is 0 Å². The Morgan fingerprint density at radius 1 is 1.31 bits per heavy atom. The van der Waals surface area contributed by atoms with Gasteiger partial charge in [0.05, 0.1) is 13.7 Å². The Morgan fingerprint density at radius 2 is 2.00 bits per heavy atom. The van der Waals surface area contributed by atoms with Crippen LogP contribution >= 0.6 is 0 Å². The smallest absolute Gasteiger partial charge is 0.316 e. The second-order valence-electron chi connectivity index (χ2n) is 5.42. The van der Waals surface area contributed by atoms with Crippen LogP contribution in [0.3, 0.4) is 0 Å². The van der Waals surface area contributed by atoms with Crippen LogP contribution in [-0.2, 0) is 19.1 Å². The molecular weight excluding hydrogens is 348 g/mol. The summed E-state index contributed by atoms with van der Waals surface area (Å²) in [5.74, 6) is -3.55. The van der Waals surface area contributed by atoms with E-state index in [9.17, 15) is 19.2 Å². The van der Waals surface area contributed by atoms with E-state index in [-0.39, 0.29) is 12.2 Å². The number of aliphatic hydroxyl groups excluding tert-OH is 1. The van der Waals surface area contributed by atoms with Gasteiger partial charge in [-0.05, 0) is 24.3 Å². The van der Waals surface area contributed by atoms with Crippen LogP contribution in [0.4, 0.5) is 0 Å². The number of hydrogen-bond donors (Lipinski definition) is 2. The first kappa shape index (κ1) is 17.6. The topological polar surface area (TPSA) is 150 Å². The van der Waals surface area contributed by atoms with Gasteiger partial charge in [-0.2, -0.15) is 5.01 Å². The maximum absolute atomic E-state index is 12.1. The lowest BCUT2D eigenvalue weighted by Crippen LogP contribution is -2.50. The van der Waals surface area contributed by atoms with E-state index in [1.165, 1.54) is 31.4 Å². The van der Waals surface area contributed by atoms with Crippen molar-refractivity contribution >= 4 is 23.5 Å². The normalized spacial score (nSPS) is 24.4. The van der Waals surface area contributed by atoms with E-state index in [4.69, 9.17) is 14.6 Å². The quantitative estimate of drug-likeness (QED) is 0.289. The zero-order valence-electron chi connectivity index (χ0n) is 13.5. The minimum Gasteiger partial charge on any atom is -0.497 e. The van der Waals surface area contributed by atoms with Crippen molar-refractivity contribution in [3.63, 3.8) is 0 Å². The highest BCUT2D eigenvalue weighted by atomic mass is 16.6. The number of ether oxygens (including phenoxy) is 2. The number of methoxy groups -OCH3 is 1. The Labute approximate surface area is 146 Å². The molecule has 1 aromatic rings. The number of amides is 3. The number of epoxide rings is 1. The van der Waals surface area contributed by atoms with Crippen LogP contribution < -0.4 is 10.1 Å². The number of carbonyl (C=O) groups is 4. The van der Waals surface area contributed by atoms with Crippen molar-refractivity contribution < 1.29 is 33.8 Å². The summed E-state index contributed by atoms with van der Waals surface area (Å²) in [7, 11) is 1.47. The standard InChI is InChI=1S/C15H14N4O7/c1-25-8-4-2-7(3-5-8)12(22)16-13(23)10-11(21)14(24)19(18-17-10)15-9(6-20)26-15/h2-5,9-10,15,20H,6H2,1H3,(H,16,22,23). The van der Waals surface area contributed by atoms with Crippen LogP contribution in [0, 0.1) is 0 Å². The summed E-state index contributed by atoms with van der Waals surface area (Å²) in [5, 5.41) is 18.5. The van der Waals surface area contributed by atoms with Crippen molar-refractivity contribution in [3.8, 4) is 5.75 Å². The van der Waals surface area contributed by atoms with Gasteiger partial charge in [-0.15, -0.1) is 5.11 Å². The van der Waals surface area contributed by atoms with Gasteiger partial charge in [0.1, 0.15) is 11.9 Å². The number of nitrogens with zero attached hydrogens (tertiary/aromatic N) is 3. The van der Waals surface area contributed by atoms with E-state index in [0.717, 1.165) is 0 Å². The summed E-state index contributed by atoms with van der Waals surface area (Å²) in [6.45, 7) is -0.349. The number of hydrogen-bond acceptors (Lipinski definition) is 9. The molecule has 3 unspecified atom stereocenters. The third-order valence-electron chi connectivity index (χ3n) is 3.74. The molecule has 1 aromatic carbocycles. The number of imide groups is 1. The van der Waals surface area contributed by atoms with E-state index in [1.54, 1.807) is 0 Å². The highest BCUT2D eigenvalue weighted by molar-refractivity contribution is 6.43. The molecule has 1 saturated heterocycles. The molecule has 0 aliphatic carbocycles. The lowest BCUT2D eigenvalue weighted by atomic mass is 10.1. The number of rotatable bonds is 5. The molecule has 3 atom stereocenters. The van der Waals surface area contributed by atoms with E-state index in [0.29, 0.717) is 10.8 Å². The summed E-state index contributed by atoms with van der Waals surface area (Å²) in [6.07, 6.45) is -1.53. The Morgan fingerprint density at radius 3 is 2.58 bits per heavy atom. The summed E-state index contributed by atoms with van der Waals surface area (Å²) in [5.41, 5.74) is 0.157. The predicted molar refractivity (Wildman–Crippen MR) is 81.7 cm³/mol. The molecule has 0 radical (unpaired) electrons. The van der Waals surface area contributed by atoms with Crippen LogP contribution in [0.15, 0.2) is 34.6 Å². The van der Waals surface area contributed by atoms with Crippen molar-refractivity contribution in [2.75, 3.05) is 13.7 Å². The average Bonchev–Trinajstić information content (AvgIpc) is 3.43. The highest BCUT2D eigenvalue weighted by Gasteiger charge is 2.51. The van der Waals surface area contributed by atoms with Gasteiger partial charge in [0, 0.05) is 5.56 Å². The first-order valence-corrected chi connectivity index (χ1v) is 7.50. The monoisotopic (exact) mass is 362 g/mol. The number of aliphatic hydroxyl groups is 1. The zero-order valence-corrected chi connectivity index (χ0v) is 13.5. The van der Waals surface area contributed by atoms with E-state index < -0.39 is 41.9 Å². The number of benzene rings is 1. The summed E-state index contributed by atoms with van der Waals surface area (Å²) >= 11 is 0. The Bertz CT molecular complexity index is 792. The maximum Gasteiger partial charge on any atom is 0.316 e. The maximum atomic E-state index is 12.1. The van der Waals surface area contributed by atoms with Crippen molar-refractivity contribution in [1.29, 1.82) is 0 Å². The molecule has 136 valence electrons. The van der Waals surface area contributed by atoms with E-state index in [2.05, 4.69) is 10.3 Å². The van der Waals surface area contributed by atoms with Crippen LogP contribution in [0.1, 0.15) is 10.4 Å². The van der Waals surface area contributed by atoms with Gasteiger partial charge in [0.15, 0.2) is 6.23 Å². The van der Waals surface area contributed by atoms with Crippen molar-refractivity contribution in [3.05, 3.63) is 29.8 Å². The fourth-order valence-corrected chi connectivity index (χ4v) is 2.25. The van der Waals surface area contributed by atoms with Gasteiger partial charge in [0.25, 0.3) is 17.6 Å². The SMILES string of the molecule is COc1ccc(C(=O)NC(=O)C2N=NN(C3OC3CO)C(=O)C2=O)cc1. The molecule has 0 aromatic heterocycles. The van der Waals surface area contributed by atoms with E-state index in [1.807, 2.05) is 5.32 Å². The fourth-order valence-electron chi connectivity index (χ4n) is 2.25. The van der Waals surface area contributed by atoms with Crippen LogP contribution in [0.5, 0.6) is 5.75 Å². The van der Waals surface area contributed by atoms with Crippen LogP contribution in [0.2, 0.25) is 0 Å². The minimum absolute atomic E-state index is 0.157. The Hall–Kier alpha value is -3.18. The van der Waals surface area contributed by atoms with Gasteiger partial charge < -0.3 is 14.6 Å². The van der Waals surface area contributed by atoms with Crippen molar-refractivity contribution in [2.24, 2.45) is 10.3 Å². The molecule has 2 aliphatic heterocycles. The van der Waals surface area contributed by atoms with Crippen molar-refractivity contribution in [2.45, 2.75) is 18.4 Å². The van der Waals surface area contributed by atoms with Crippen LogP contribution in [-0.4, -0.2) is 65.7 Å². The molecule has 0 saturated carbocycles. The molecule has 3 amide bonds. The van der Waals surface area contributed by atoms with E-state index >= 15 is 0 Å². The highest BCUT2D eigenvalue weighted by Crippen LogP contribution is 2.28. The second-order valence-corrected chi connectivity index (χ2v) is 5.42. The van der Waals surface area contributed by atoms with Gasteiger partial charge in [0.2, 0.25) is 6.04 Å². The molecule has 11 nitrogen and oxygen atoms in total. The molecule has 1 fully saturated rings. The molecular formula is C15H14N4O7. The first-order chi connectivity index (χ1) is 12.5. The largest absolute Gasteiger partial charge is 0.497 e. The Kier molecular flexibility index (Phi) is 4.73. The number of Topliss-reactive ketones (excluding diaryl/α,β-unsaturated/α-hetero) is 1.